The summed E-state index contributed by atoms with van der Waals surface area (Å²) in [6, 6.07) is 9.19. The number of halogens is 3. The Kier molecular flexibility index (Phi) is 8.55. The van der Waals surface area contributed by atoms with Gasteiger partial charge >= 0.3 is 0 Å². The highest BCUT2D eigenvalue weighted by Gasteiger charge is 2.31. The molecule has 0 amide bonds. The van der Waals surface area contributed by atoms with Crippen molar-refractivity contribution in [2.75, 3.05) is 37.4 Å². The van der Waals surface area contributed by atoms with Gasteiger partial charge in [0, 0.05) is 29.9 Å². The van der Waals surface area contributed by atoms with Crippen molar-refractivity contribution in [3.8, 4) is 17.0 Å². The Morgan fingerprint density at radius 2 is 1.80 bits per heavy atom. The summed E-state index contributed by atoms with van der Waals surface area (Å²) in [6.45, 7) is 1.62. The summed E-state index contributed by atoms with van der Waals surface area (Å²) < 4.78 is 69.4. The normalized spacial score (nSPS) is 19.1. The Labute approximate surface area is 258 Å². The number of nitrogens with one attached hydrogen (secondary N) is 2. The predicted octanol–water partition coefficient (Wildman–Crippen LogP) is 5.49. The second kappa shape index (κ2) is 12.4. The number of methoxy groups -OCH3 is 1. The lowest BCUT2D eigenvalue weighted by atomic mass is 9.89. The Hall–Kier alpha value is -3.65. The first kappa shape index (κ1) is 30.4. The van der Waals surface area contributed by atoms with Crippen LogP contribution in [-0.4, -0.2) is 73.8 Å². The smallest absolute Gasteiger partial charge is 0.267 e. The van der Waals surface area contributed by atoms with E-state index in [-0.39, 0.29) is 22.5 Å². The molecule has 1 saturated carbocycles. The second-order valence-corrected chi connectivity index (χ2v) is 13.1. The zero-order valence-corrected chi connectivity index (χ0v) is 25.6. The van der Waals surface area contributed by atoms with Crippen molar-refractivity contribution in [1.82, 2.24) is 19.9 Å². The standard InChI is InChI=1S/C30H31ClF2N6O4S/c1-39(22-15-43-16-22)21-6-4-20(5-7-21)36-30-35-13-18-11-17(3-9-24(18)37-30)27-23(32)8-10-25(28(27)33)38-44(40,41)26-12-19(31)14-34-29(26)42-2/h3,8-14,20-22,38H,4-7,15-16H2,1-2H3,(H,35,36,37)/t20-,21-. The molecule has 2 aromatic carbocycles. The molecule has 10 nitrogen and oxygen atoms in total. The topological polar surface area (TPSA) is 119 Å². The van der Waals surface area contributed by atoms with E-state index < -0.39 is 37.8 Å². The van der Waals surface area contributed by atoms with Gasteiger partial charge in [0.05, 0.1) is 48.2 Å². The number of hydrogen-bond acceptors (Lipinski definition) is 9. The second-order valence-electron chi connectivity index (χ2n) is 11.0. The van der Waals surface area contributed by atoms with Crippen molar-refractivity contribution in [2.24, 2.45) is 0 Å². The van der Waals surface area contributed by atoms with Crippen LogP contribution >= 0.6 is 11.6 Å². The highest BCUT2D eigenvalue weighted by Crippen LogP contribution is 2.35. The van der Waals surface area contributed by atoms with E-state index in [4.69, 9.17) is 21.1 Å². The molecule has 0 atom stereocenters. The van der Waals surface area contributed by atoms with E-state index in [2.05, 4.69) is 36.9 Å². The summed E-state index contributed by atoms with van der Waals surface area (Å²) in [5, 5.41) is 4.05. The van der Waals surface area contributed by atoms with Crippen LogP contribution < -0.4 is 14.8 Å². The van der Waals surface area contributed by atoms with Crippen LogP contribution in [0.25, 0.3) is 22.0 Å². The van der Waals surface area contributed by atoms with Gasteiger partial charge in [-0.15, -0.1) is 0 Å². The van der Waals surface area contributed by atoms with Crippen molar-refractivity contribution in [3.63, 3.8) is 0 Å². The molecule has 3 heterocycles. The third-order valence-corrected chi connectivity index (χ3v) is 9.84. The fourth-order valence-electron chi connectivity index (χ4n) is 5.67. The number of ether oxygens (including phenoxy) is 2. The molecular formula is C30H31ClF2N6O4S. The van der Waals surface area contributed by atoms with Crippen LogP contribution in [0, 0.1) is 11.6 Å². The molecule has 1 aliphatic heterocycles. The van der Waals surface area contributed by atoms with Crippen LogP contribution in [0.15, 0.2) is 53.7 Å². The lowest BCUT2D eigenvalue weighted by Gasteiger charge is -2.42. The summed E-state index contributed by atoms with van der Waals surface area (Å²) in [6.07, 6.45) is 6.99. The van der Waals surface area contributed by atoms with Crippen LogP contribution in [0.1, 0.15) is 25.7 Å². The highest BCUT2D eigenvalue weighted by atomic mass is 35.5. The van der Waals surface area contributed by atoms with E-state index >= 15 is 4.39 Å². The van der Waals surface area contributed by atoms with Crippen LogP contribution in [-0.2, 0) is 14.8 Å². The SMILES string of the molecule is COc1ncc(Cl)cc1S(=O)(=O)Nc1ccc(F)c(-c2ccc3nc(N[C@H]4CC[C@H](N(C)C5COC5)CC4)ncc3c2)c1F. The Bertz CT molecular complexity index is 1800. The number of anilines is 2. The number of rotatable bonds is 9. The van der Waals surface area contributed by atoms with E-state index in [1.165, 1.54) is 19.4 Å². The maximum absolute atomic E-state index is 15.7. The molecule has 0 unspecified atom stereocenters. The lowest BCUT2D eigenvalue weighted by Crippen LogP contribution is -2.52. The molecule has 0 radical (unpaired) electrons. The van der Waals surface area contributed by atoms with Crippen molar-refractivity contribution in [1.29, 1.82) is 0 Å². The van der Waals surface area contributed by atoms with Gasteiger partial charge in [-0.2, -0.15) is 0 Å². The van der Waals surface area contributed by atoms with E-state index in [1.807, 2.05) is 0 Å². The maximum atomic E-state index is 15.7. The van der Waals surface area contributed by atoms with Crippen LogP contribution in [0.4, 0.5) is 20.4 Å². The van der Waals surface area contributed by atoms with E-state index in [0.29, 0.717) is 28.9 Å². The minimum absolute atomic E-state index is 0.0403. The maximum Gasteiger partial charge on any atom is 0.267 e. The van der Waals surface area contributed by atoms with Crippen molar-refractivity contribution < 1.29 is 26.7 Å². The molecule has 2 N–H and O–H groups in total. The molecule has 2 aliphatic rings. The molecule has 6 rings (SSSR count). The number of sulfonamides is 1. The average Bonchev–Trinajstić information content (AvgIpc) is 2.98. The molecule has 0 spiro atoms. The number of benzene rings is 2. The Morgan fingerprint density at radius 1 is 1.02 bits per heavy atom. The quantitative estimate of drug-likeness (QED) is 0.244. The minimum Gasteiger partial charge on any atom is -0.480 e. The van der Waals surface area contributed by atoms with Crippen LogP contribution in [0.2, 0.25) is 5.02 Å². The van der Waals surface area contributed by atoms with Gasteiger partial charge < -0.3 is 14.8 Å². The molecule has 2 fully saturated rings. The molecular weight excluding hydrogens is 614 g/mol. The number of nitrogens with zero attached hydrogens (tertiary/aromatic N) is 4. The first-order chi connectivity index (χ1) is 21.1. The van der Waals surface area contributed by atoms with E-state index in [1.54, 1.807) is 18.3 Å². The zero-order valence-electron chi connectivity index (χ0n) is 24.1. The predicted molar refractivity (Wildman–Crippen MR) is 164 cm³/mol. The molecule has 0 bridgehead atoms. The number of fused-ring (bicyclic) bond motifs is 1. The van der Waals surface area contributed by atoms with E-state index in [9.17, 15) is 12.8 Å². The monoisotopic (exact) mass is 644 g/mol. The first-order valence-corrected chi connectivity index (χ1v) is 16.0. The van der Waals surface area contributed by atoms with E-state index in [0.717, 1.165) is 57.1 Å². The lowest BCUT2D eigenvalue weighted by molar-refractivity contribution is -0.0736. The summed E-state index contributed by atoms with van der Waals surface area (Å²) in [7, 11) is -0.977. The minimum atomic E-state index is -4.39. The van der Waals surface area contributed by atoms with Crippen LogP contribution in [0.5, 0.6) is 5.88 Å². The van der Waals surface area contributed by atoms with Crippen molar-refractivity contribution in [2.45, 2.75) is 48.7 Å². The van der Waals surface area contributed by atoms with Gasteiger partial charge in [-0.25, -0.2) is 32.2 Å². The van der Waals surface area contributed by atoms with Gasteiger partial charge in [-0.05, 0) is 68.6 Å². The summed E-state index contributed by atoms with van der Waals surface area (Å²) >= 11 is 5.92. The molecule has 44 heavy (non-hydrogen) atoms. The Balaban J connectivity index is 1.19. The fraction of sp³-hybridized carbons (Fsp3) is 0.367. The van der Waals surface area contributed by atoms with Gasteiger partial charge in [0.25, 0.3) is 10.0 Å². The van der Waals surface area contributed by atoms with Crippen molar-refractivity contribution >= 4 is 44.2 Å². The third kappa shape index (κ3) is 6.14. The first-order valence-electron chi connectivity index (χ1n) is 14.2. The molecule has 4 aromatic rings. The average molecular weight is 645 g/mol. The van der Waals surface area contributed by atoms with Crippen molar-refractivity contribution in [3.05, 3.63) is 65.4 Å². The van der Waals surface area contributed by atoms with Crippen LogP contribution in [0.3, 0.4) is 0 Å². The molecule has 14 heteroatoms. The number of pyridine rings is 1. The fourth-order valence-corrected chi connectivity index (χ4v) is 7.10. The molecule has 1 aliphatic carbocycles. The van der Waals surface area contributed by atoms with Gasteiger partial charge in [-0.1, -0.05) is 17.7 Å². The summed E-state index contributed by atoms with van der Waals surface area (Å²) in [5.74, 6) is -1.69. The zero-order chi connectivity index (χ0) is 31.0. The number of aromatic nitrogens is 3. The molecule has 2 aromatic heterocycles. The largest absolute Gasteiger partial charge is 0.480 e. The van der Waals surface area contributed by atoms with Gasteiger partial charge in [0.2, 0.25) is 11.8 Å². The summed E-state index contributed by atoms with van der Waals surface area (Å²) in [4.78, 5) is 15.0. The number of hydrogen-bond donors (Lipinski definition) is 2. The van der Waals surface area contributed by atoms with Gasteiger partial charge in [0.1, 0.15) is 5.82 Å². The molecule has 232 valence electrons. The van der Waals surface area contributed by atoms with Gasteiger partial charge in [-0.3, -0.25) is 9.62 Å². The Morgan fingerprint density at radius 3 is 2.50 bits per heavy atom. The number of likely N-dealkylation sites (N-methyl/N-ethyl adjacent to an activating group) is 1. The highest BCUT2D eigenvalue weighted by molar-refractivity contribution is 7.92. The molecule has 1 saturated heterocycles. The third-order valence-electron chi connectivity index (χ3n) is 8.27. The van der Waals surface area contributed by atoms with Gasteiger partial charge in [0.15, 0.2) is 10.7 Å². The summed E-state index contributed by atoms with van der Waals surface area (Å²) in [5.41, 5.74) is -0.0658.